The highest BCUT2D eigenvalue weighted by atomic mass is 16.5. The summed E-state index contributed by atoms with van der Waals surface area (Å²) in [6.07, 6.45) is 0. The van der Waals surface area contributed by atoms with Crippen molar-refractivity contribution in [3.05, 3.63) is 0 Å². The summed E-state index contributed by atoms with van der Waals surface area (Å²) in [5, 5.41) is 0. The fraction of sp³-hybridized carbons (Fsp3) is 0.857. The minimum Gasteiger partial charge on any atom is -0.378 e. The Hall–Kier alpha value is -1.14. The van der Waals surface area contributed by atoms with Gasteiger partial charge < -0.3 is 14.5 Å². The highest BCUT2D eigenvalue weighted by molar-refractivity contribution is 5.79. The van der Waals surface area contributed by atoms with Crippen molar-refractivity contribution < 1.29 is 14.3 Å². The maximum atomic E-state index is 12.1. The van der Waals surface area contributed by atoms with Crippen molar-refractivity contribution in [2.45, 2.75) is 13.8 Å². The second-order valence-corrected chi connectivity index (χ2v) is 5.75. The number of rotatable bonds is 3. The third kappa shape index (κ3) is 3.93. The zero-order chi connectivity index (χ0) is 14.5. The molecule has 0 N–H and O–H groups in total. The Labute approximate surface area is 120 Å². The lowest BCUT2D eigenvalue weighted by Crippen LogP contribution is -2.53. The van der Waals surface area contributed by atoms with E-state index in [9.17, 15) is 9.59 Å². The largest absolute Gasteiger partial charge is 0.378 e. The standard InChI is InChI=1S/C14H25N3O3/c1-12(2)14(19)17-5-3-15(4-6-17)11-13(18)16-7-9-20-10-8-16/h12H,3-11H2,1-2H3. The van der Waals surface area contributed by atoms with Gasteiger partial charge in [-0.05, 0) is 0 Å². The molecule has 2 aliphatic rings. The zero-order valence-corrected chi connectivity index (χ0v) is 12.5. The molecule has 0 aromatic carbocycles. The van der Waals surface area contributed by atoms with Crippen molar-refractivity contribution in [2.24, 2.45) is 5.92 Å². The van der Waals surface area contributed by atoms with Crippen LogP contribution in [0.3, 0.4) is 0 Å². The van der Waals surface area contributed by atoms with E-state index in [1.165, 1.54) is 0 Å². The Morgan fingerprint density at radius 3 is 2.10 bits per heavy atom. The van der Waals surface area contributed by atoms with E-state index >= 15 is 0 Å². The molecule has 114 valence electrons. The summed E-state index contributed by atoms with van der Waals surface area (Å²) in [5.74, 6) is 0.442. The van der Waals surface area contributed by atoms with Gasteiger partial charge in [-0.25, -0.2) is 0 Å². The van der Waals surface area contributed by atoms with E-state index in [-0.39, 0.29) is 17.7 Å². The normalized spacial score (nSPS) is 21.4. The van der Waals surface area contributed by atoms with Gasteiger partial charge >= 0.3 is 0 Å². The van der Waals surface area contributed by atoms with Gasteiger partial charge in [-0.15, -0.1) is 0 Å². The second kappa shape index (κ2) is 7.04. The molecule has 2 amide bonds. The highest BCUT2D eigenvalue weighted by Crippen LogP contribution is 2.08. The lowest BCUT2D eigenvalue weighted by atomic mass is 10.1. The quantitative estimate of drug-likeness (QED) is 0.710. The van der Waals surface area contributed by atoms with E-state index in [2.05, 4.69) is 4.90 Å². The van der Waals surface area contributed by atoms with Crippen LogP contribution in [-0.2, 0) is 14.3 Å². The summed E-state index contributed by atoms with van der Waals surface area (Å²) < 4.78 is 5.25. The van der Waals surface area contributed by atoms with Crippen LogP contribution in [0.2, 0.25) is 0 Å². The van der Waals surface area contributed by atoms with E-state index < -0.39 is 0 Å². The van der Waals surface area contributed by atoms with Gasteiger partial charge in [-0.3, -0.25) is 14.5 Å². The molecule has 20 heavy (non-hydrogen) atoms. The van der Waals surface area contributed by atoms with E-state index in [4.69, 9.17) is 4.74 Å². The molecule has 0 saturated carbocycles. The van der Waals surface area contributed by atoms with E-state index in [1.54, 1.807) is 0 Å². The van der Waals surface area contributed by atoms with Crippen molar-refractivity contribution in [3.8, 4) is 0 Å². The summed E-state index contributed by atoms with van der Waals surface area (Å²) >= 11 is 0. The predicted octanol–water partition coefficient (Wildman–Crippen LogP) is -0.355. The molecular weight excluding hydrogens is 258 g/mol. The average Bonchev–Trinajstić information content (AvgIpc) is 2.48. The third-order valence-corrected chi connectivity index (χ3v) is 3.90. The minimum absolute atomic E-state index is 0.0523. The van der Waals surface area contributed by atoms with Crippen LogP contribution in [-0.4, -0.2) is 85.5 Å². The van der Waals surface area contributed by atoms with Gasteiger partial charge in [0, 0.05) is 45.2 Å². The summed E-state index contributed by atoms with van der Waals surface area (Å²) in [4.78, 5) is 29.9. The molecule has 0 bridgehead atoms. The van der Waals surface area contributed by atoms with Crippen molar-refractivity contribution in [1.82, 2.24) is 14.7 Å². The number of carbonyl (C=O) groups excluding carboxylic acids is 2. The van der Waals surface area contributed by atoms with Crippen LogP contribution in [0.5, 0.6) is 0 Å². The maximum Gasteiger partial charge on any atom is 0.236 e. The maximum absolute atomic E-state index is 12.1. The second-order valence-electron chi connectivity index (χ2n) is 5.75. The molecule has 0 radical (unpaired) electrons. The molecule has 2 saturated heterocycles. The topological polar surface area (TPSA) is 53.1 Å². The third-order valence-electron chi connectivity index (χ3n) is 3.90. The number of hydrogen-bond acceptors (Lipinski definition) is 4. The lowest BCUT2D eigenvalue weighted by molar-refractivity contribution is -0.139. The Bertz CT molecular complexity index is 346. The molecule has 2 aliphatic heterocycles. The zero-order valence-electron chi connectivity index (χ0n) is 12.5. The van der Waals surface area contributed by atoms with Crippen molar-refractivity contribution in [2.75, 3.05) is 59.0 Å². The molecule has 2 rings (SSSR count). The van der Waals surface area contributed by atoms with Crippen LogP contribution in [0.1, 0.15) is 13.8 Å². The molecule has 2 heterocycles. The molecule has 0 spiro atoms. The molecule has 6 heteroatoms. The number of nitrogens with zero attached hydrogens (tertiary/aromatic N) is 3. The fourth-order valence-corrected chi connectivity index (χ4v) is 2.60. The van der Waals surface area contributed by atoms with E-state index in [0.717, 1.165) is 26.2 Å². The Kier molecular flexibility index (Phi) is 5.37. The first-order valence-corrected chi connectivity index (χ1v) is 7.44. The molecule has 6 nitrogen and oxygen atoms in total. The van der Waals surface area contributed by atoms with E-state index in [0.29, 0.717) is 32.8 Å². The van der Waals surface area contributed by atoms with Gasteiger partial charge in [0.1, 0.15) is 0 Å². The SMILES string of the molecule is CC(C)C(=O)N1CCN(CC(=O)N2CCOCC2)CC1. The van der Waals surface area contributed by atoms with Crippen LogP contribution in [0.4, 0.5) is 0 Å². The molecule has 0 aliphatic carbocycles. The number of carbonyl (C=O) groups is 2. The minimum atomic E-state index is 0.0523. The smallest absolute Gasteiger partial charge is 0.236 e. The van der Waals surface area contributed by atoms with Gasteiger partial charge in [0.25, 0.3) is 0 Å². The van der Waals surface area contributed by atoms with Crippen molar-refractivity contribution >= 4 is 11.8 Å². The molecule has 0 atom stereocenters. The first kappa shape index (κ1) is 15.3. The fourth-order valence-electron chi connectivity index (χ4n) is 2.60. The average molecular weight is 283 g/mol. The van der Waals surface area contributed by atoms with Gasteiger partial charge in [0.15, 0.2) is 0 Å². The molecule has 0 aromatic heterocycles. The van der Waals surface area contributed by atoms with Gasteiger partial charge in [0.2, 0.25) is 11.8 Å². The van der Waals surface area contributed by atoms with Crippen LogP contribution < -0.4 is 0 Å². The molecular formula is C14H25N3O3. The summed E-state index contributed by atoms with van der Waals surface area (Å²) in [6.45, 7) is 10.0. The van der Waals surface area contributed by atoms with E-state index in [1.807, 2.05) is 23.6 Å². The van der Waals surface area contributed by atoms with Gasteiger partial charge in [-0.1, -0.05) is 13.8 Å². The highest BCUT2D eigenvalue weighted by Gasteiger charge is 2.25. The van der Waals surface area contributed by atoms with Crippen molar-refractivity contribution in [3.63, 3.8) is 0 Å². The number of amides is 2. The summed E-state index contributed by atoms with van der Waals surface area (Å²) in [7, 11) is 0. The van der Waals surface area contributed by atoms with Crippen LogP contribution in [0, 0.1) is 5.92 Å². The van der Waals surface area contributed by atoms with Gasteiger partial charge in [0.05, 0.1) is 19.8 Å². The lowest BCUT2D eigenvalue weighted by Gasteiger charge is -2.36. The first-order chi connectivity index (χ1) is 9.58. The number of hydrogen-bond donors (Lipinski definition) is 0. The van der Waals surface area contributed by atoms with Crippen LogP contribution >= 0.6 is 0 Å². The van der Waals surface area contributed by atoms with Crippen LogP contribution in [0.25, 0.3) is 0 Å². The molecule has 0 unspecified atom stereocenters. The van der Waals surface area contributed by atoms with Gasteiger partial charge in [-0.2, -0.15) is 0 Å². The first-order valence-electron chi connectivity index (χ1n) is 7.44. The Balaban J connectivity index is 1.73. The number of morpholine rings is 1. The summed E-state index contributed by atoms with van der Waals surface area (Å²) in [6, 6.07) is 0. The Morgan fingerprint density at radius 1 is 0.950 bits per heavy atom. The number of ether oxygens (including phenoxy) is 1. The number of piperazine rings is 1. The Morgan fingerprint density at radius 2 is 1.55 bits per heavy atom. The summed E-state index contributed by atoms with van der Waals surface area (Å²) in [5.41, 5.74) is 0. The predicted molar refractivity (Wildman–Crippen MR) is 75.3 cm³/mol. The van der Waals surface area contributed by atoms with Crippen molar-refractivity contribution in [1.29, 1.82) is 0 Å². The molecule has 0 aromatic rings. The van der Waals surface area contributed by atoms with Crippen LogP contribution in [0.15, 0.2) is 0 Å². The molecule has 2 fully saturated rings. The monoisotopic (exact) mass is 283 g/mol.